The number of imide groups is 2. The maximum Gasteiger partial charge on any atom is 0.422 e. The van der Waals surface area contributed by atoms with Crippen LogP contribution in [0.1, 0.15) is 107 Å². The standard InChI is InChI=1S/C13H17FN2O6.C12H18FN3O5.C12H17FN2O4.C11H14FNO5/c1-13(2,3)22-7-21-10(18)5-4-9(17)16-6-8(14)11(19)15-12(16)20;1-12(2,3)21-5-4-14-11(19)20-7-16-6-8(13)9(17)15-10(16)18;1-12(2,3)19-5-4-14-9(16)7-6-8(13)11(18)15-10(7)17;1-11(2,3)18-6-17-10(16)13-5-7(12)8(14)4-9(13)15/h6H,4-5,7H2,1-3H3,(H,15,19,20);6H,4-5,7H2,1-3H3,(H,14,19)(H,15,17,18);6-7H,4-5H2,1-3H3,(H,14,16)(H,15,17,18);5H,4,6H2,1-3H3. The number of aromatic amines is 2. The Morgan fingerprint density at radius 1 is 0.625 bits per heavy atom. The molecular formula is C48H66F4N8O20. The molecule has 2 aliphatic rings. The van der Waals surface area contributed by atoms with Crippen LogP contribution in [0, 0.1) is 17.6 Å². The van der Waals surface area contributed by atoms with Crippen LogP contribution >= 0.6 is 0 Å². The van der Waals surface area contributed by atoms with E-state index in [0.29, 0.717) is 40.7 Å². The summed E-state index contributed by atoms with van der Waals surface area (Å²) in [6, 6.07) is 0. The minimum absolute atomic E-state index is 0.198. The van der Waals surface area contributed by atoms with Crippen molar-refractivity contribution in [2.45, 2.75) is 131 Å². The van der Waals surface area contributed by atoms with E-state index in [2.05, 4.69) is 15.4 Å². The van der Waals surface area contributed by atoms with Crippen molar-refractivity contribution in [2.24, 2.45) is 5.92 Å². The fourth-order valence-corrected chi connectivity index (χ4v) is 5.00. The van der Waals surface area contributed by atoms with Gasteiger partial charge in [0.15, 0.2) is 32.0 Å². The number of esters is 1. The molecule has 6 amide bonds. The lowest BCUT2D eigenvalue weighted by Gasteiger charge is -2.22. The lowest BCUT2D eigenvalue weighted by Crippen LogP contribution is -2.46. The van der Waals surface area contributed by atoms with E-state index in [4.69, 9.17) is 28.4 Å². The zero-order chi connectivity index (χ0) is 61.5. The number of nitrogens with one attached hydrogen (secondary N) is 5. The second-order valence-electron chi connectivity index (χ2n) is 20.2. The lowest BCUT2D eigenvalue weighted by atomic mass is 10.0. The number of alkyl carbamates (subject to hydrolysis) is 1. The average molecular weight is 1150 g/mol. The van der Waals surface area contributed by atoms with Crippen LogP contribution in [-0.2, 0) is 68.7 Å². The van der Waals surface area contributed by atoms with Gasteiger partial charge in [0.2, 0.25) is 41.0 Å². The van der Waals surface area contributed by atoms with Gasteiger partial charge in [0.1, 0.15) is 5.92 Å². The highest BCUT2D eigenvalue weighted by Crippen LogP contribution is 2.16. The Morgan fingerprint density at radius 3 is 1.66 bits per heavy atom. The van der Waals surface area contributed by atoms with Crippen LogP contribution in [0.5, 0.6) is 0 Å². The van der Waals surface area contributed by atoms with Gasteiger partial charge in [-0.05, 0) is 89.2 Å². The van der Waals surface area contributed by atoms with Gasteiger partial charge in [-0.1, -0.05) is 0 Å². The number of hydrogen-bond donors (Lipinski definition) is 5. The molecule has 446 valence electrons. The van der Waals surface area contributed by atoms with Gasteiger partial charge >= 0.3 is 29.5 Å². The minimum atomic E-state index is -1.33. The molecule has 4 heterocycles. The second kappa shape index (κ2) is 31.6. The quantitative estimate of drug-likeness (QED) is 0.0306. The summed E-state index contributed by atoms with van der Waals surface area (Å²) < 4.78 is 88.2. The van der Waals surface area contributed by atoms with Gasteiger partial charge in [0.25, 0.3) is 17.0 Å². The first-order valence-electron chi connectivity index (χ1n) is 23.8. The van der Waals surface area contributed by atoms with E-state index in [0.717, 1.165) is 4.57 Å². The average Bonchev–Trinajstić information content (AvgIpc) is 3.31. The van der Waals surface area contributed by atoms with Crippen molar-refractivity contribution in [1.82, 2.24) is 40.0 Å². The van der Waals surface area contributed by atoms with Crippen molar-refractivity contribution in [2.75, 3.05) is 39.9 Å². The number of ether oxygens (including phenoxy) is 7. The molecule has 0 saturated carbocycles. The van der Waals surface area contributed by atoms with Gasteiger partial charge in [-0.25, -0.2) is 37.4 Å². The molecule has 28 nitrogen and oxygen atoms in total. The molecular weight excluding hydrogens is 1080 g/mol. The molecule has 5 N–H and O–H groups in total. The fraction of sp³-hybridized carbons (Fsp3) is 0.562. The van der Waals surface area contributed by atoms with Gasteiger partial charge in [-0.2, -0.15) is 8.78 Å². The van der Waals surface area contributed by atoms with Crippen LogP contribution in [0.25, 0.3) is 0 Å². The Bertz CT molecular complexity index is 2870. The molecule has 0 spiro atoms. The number of ketones is 1. The molecule has 2 aliphatic heterocycles. The predicted molar refractivity (Wildman–Crippen MR) is 267 cm³/mol. The van der Waals surface area contributed by atoms with E-state index >= 15 is 0 Å². The summed E-state index contributed by atoms with van der Waals surface area (Å²) >= 11 is 0. The van der Waals surface area contributed by atoms with E-state index < -0.39 is 130 Å². The van der Waals surface area contributed by atoms with Crippen molar-refractivity contribution in [3.05, 3.63) is 89.6 Å². The zero-order valence-corrected chi connectivity index (χ0v) is 46.0. The van der Waals surface area contributed by atoms with Gasteiger partial charge in [-0.15, -0.1) is 0 Å². The molecule has 1 atom stereocenters. The molecule has 0 saturated heterocycles. The molecule has 80 heavy (non-hydrogen) atoms. The molecule has 4 rings (SSSR count). The first-order valence-corrected chi connectivity index (χ1v) is 23.8. The summed E-state index contributed by atoms with van der Waals surface area (Å²) in [5.74, 6) is -12.0. The van der Waals surface area contributed by atoms with Crippen LogP contribution in [-0.4, -0.2) is 140 Å². The molecule has 0 aromatic carbocycles. The van der Waals surface area contributed by atoms with E-state index in [1.54, 1.807) is 56.8 Å². The van der Waals surface area contributed by atoms with Crippen LogP contribution in [0.4, 0.5) is 27.2 Å². The molecule has 0 aliphatic carbocycles. The van der Waals surface area contributed by atoms with Crippen LogP contribution < -0.4 is 38.4 Å². The maximum absolute atomic E-state index is 13.0. The number of nitrogens with zero attached hydrogens (tertiary/aromatic N) is 3. The van der Waals surface area contributed by atoms with Crippen molar-refractivity contribution in [3.63, 3.8) is 0 Å². The van der Waals surface area contributed by atoms with Gasteiger partial charge in [-0.3, -0.25) is 63.0 Å². The SMILES string of the molecule is CC(C)(C)OCCNC(=O)C1C=C(F)C(=O)NC1=O.CC(C)(C)OCCNC(=O)OCn1cc(F)c(=O)[nH]c1=O.CC(C)(C)OCOC(=O)CCC(=O)n1cc(F)c(=O)[nH]c1=O.CC(C)(C)OCOC(=O)N1C=C(F)C(=O)CC1=O. The Labute approximate surface area is 453 Å². The van der Waals surface area contributed by atoms with E-state index in [1.165, 1.54) is 0 Å². The van der Waals surface area contributed by atoms with Crippen molar-refractivity contribution < 1.29 is 93.9 Å². The highest BCUT2D eigenvalue weighted by molar-refractivity contribution is 6.14. The highest BCUT2D eigenvalue weighted by Gasteiger charge is 2.33. The third-order valence-corrected chi connectivity index (χ3v) is 8.86. The number of Topliss-reactive ketones (excluding diaryl/α,β-unsaturated/α-hetero) is 1. The first kappa shape index (κ1) is 70.0. The van der Waals surface area contributed by atoms with Crippen LogP contribution in [0.2, 0.25) is 0 Å². The fourth-order valence-electron chi connectivity index (χ4n) is 5.00. The predicted octanol–water partition coefficient (Wildman–Crippen LogP) is 2.14. The number of aromatic nitrogens is 4. The third-order valence-electron chi connectivity index (χ3n) is 8.86. The van der Waals surface area contributed by atoms with Gasteiger partial charge in [0.05, 0.1) is 67.1 Å². The Morgan fingerprint density at radius 2 is 1.12 bits per heavy atom. The molecule has 0 radical (unpaired) electrons. The molecule has 0 bridgehead atoms. The maximum atomic E-state index is 13.0. The molecule has 1 unspecified atom stereocenters. The second-order valence-corrected chi connectivity index (χ2v) is 20.2. The number of hydrogen-bond acceptors (Lipinski definition) is 20. The monoisotopic (exact) mass is 1150 g/mol. The third kappa shape index (κ3) is 28.6. The van der Waals surface area contributed by atoms with E-state index in [-0.39, 0.29) is 57.3 Å². The van der Waals surface area contributed by atoms with Crippen molar-refractivity contribution in [1.29, 1.82) is 0 Å². The highest BCUT2D eigenvalue weighted by atomic mass is 19.1. The largest absolute Gasteiger partial charge is 0.438 e. The number of amides is 6. The number of carbonyl (C=O) groups is 9. The van der Waals surface area contributed by atoms with Crippen LogP contribution in [0.15, 0.2) is 55.5 Å². The Balaban J connectivity index is 0.000000535. The smallest absolute Gasteiger partial charge is 0.422 e. The Kier molecular flexibility index (Phi) is 27.6. The Hall–Kier alpha value is -7.97. The summed E-state index contributed by atoms with van der Waals surface area (Å²) in [5, 5.41) is 6.61. The van der Waals surface area contributed by atoms with E-state index in [9.17, 15) is 79.9 Å². The normalized spacial score (nSPS) is 14.5. The summed E-state index contributed by atoms with van der Waals surface area (Å²) in [6.07, 6.45) is -0.849. The van der Waals surface area contributed by atoms with Crippen molar-refractivity contribution in [3.8, 4) is 0 Å². The summed E-state index contributed by atoms with van der Waals surface area (Å²) in [6.45, 7) is 21.7. The first-order chi connectivity index (χ1) is 36.7. The molecule has 2 aromatic heterocycles. The minimum Gasteiger partial charge on any atom is -0.438 e. The van der Waals surface area contributed by atoms with Gasteiger partial charge < -0.3 is 43.8 Å². The summed E-state index contributed by atoms with van der Waals surface area (Å²) in [7, 11) is 0. The summed E-state index contributed by atoms with van der Waals surface area (Å²) in [5.41, 5.74) is -5.91. The topological polar surface area (TPSA) is 367 Å². The number of halogens is 4. The number of H-pyrrole nitrogens is 2. The molecule has 32 heteroatoms. The summed E-state index contributed by atoms with van der Waals surface area (Å²) in [4.78, 5) is 150. The molecule has 0 fully saturated rings. The number of carbonyl (C=O) groups excluding carboxylic acids is 9. The zero-order valence-electron chi connectivity index (χ0n) is 46.0. The molecule has 2 aromatic rings. The van der Waals surface area contributed by atoms with Crippen LogP contribution in [0.3, 0.4) is 0 Å². The van der Waals surface area contributed by atoms with Gasteiger partial charge in [0, 0.05) is 19.5 Å². The number of allylic oxidation sites excluding steroid dienone is 1. The lowest BCUT2D eigenvalue weighted by molar-refractivity contribution is -0.167. The van der Waals surface area contributed by atoms with Crippen molar-refractivity contribution >= 4 is 53.5 Å². The number of rotatable bonds is 16. The van der Waals surface area contributed by atoms with E-state index in [1.807, 2.05) is 41.5 Å².